The molecule has 0 unspecified atom stereocenters. The lowest BCUT2D eigenvalue weighted by molar-refractivity contribution is -0.118. The molecule has 0 aliphatic carbocycles. The van der Waals surface area contributed by atoms with Gasteiger partial charge in [0.25, 0.3) is 0 Å². The molecule has 0 bridgehead atoms. The molecular formula is C17H18ClFN2O3S. The van der Waals surface area contributed by atoms with Crippen molar-refractivity contribution in [3.63, 3.8) is 0 Å². The Hall–Kier alpha value is -1.96. The van der Waals surface area contributed by atoms with Crippen LogP contribution in [-0.4, -0.2) is 27.6 Å². The molecule has 0 radical (unpaired) electrons. The summed E-state index contributed by atoms with van der Waals surface area (Å²) in [5.41, 5.74) is 1.14. The topological polar surface area (TPSA) is 66.5 Å². The molecule has 25 heavy (non-hydrogen) atoms. The summed E-state index contributed by atoms with van der Waals surface area (Å²) >= 11 is 5.85. The van der Waals surface area contributed by atoms with E-state index in [1.807, 2.05) is 0 Å². The summed E-state index contributed by atoms with van der Waals surface area (Å²) in [6.45, 7) is 0. The zero-order valence-corrected chi connectivity index (χ0v) is 15.3. The SMILES string of the molecule is CN(C(=O)C[C@H](NS(C)(=O)=O)c1ccc(Cl)cc1)c1ccc(F)cc1. The number of nitrogens with one attached hydrogen (secondary N) is 1. The third-order valence-electron chi connectivity index (χ3n) is 3.60. The summed E-state index contributed by atoms with van der Waals surface area (Å²) in [5.74, 6) is -0.718. The Kier molecular flexibility index (Phi) is 6.16. The standard InChI is InChI=1S/C17H18ClFN2O3S/c1-21(15-9-7-14(19)8-10-15)17(22)11-16(20-25(2,23)24)12-3-5-13(18)6-4-12/h3-10,16,20H,11H2,1-2H3/t16-/m0/s1. The molecule has 1 atom stereocenters. The normalized spacial score (nSPS) is 12.6. The highest BCUT2D eigenvalue weighted by Crippen LogP contribution is 2.23. The molecule has 2 aromatic rings. The molecule has 2 aromatic carbocycles. The highest BCUT2D eigenvalue weighted by Gasteiger charge is 2.22. The molecule has 1 N–H and O–H groups in total. The van der Waals surface area contributed by atoms with Crippen LogP contribution in [0.3, 0.4) is 0 Å². The van der Waals surface area contributed by atoms with Crippen LogP contribution in [0.15, 0.2) is 48.5 Å². The summed E-state index contributed by atoms with van der Waals surface area (Å²) < 4.78 is 38.7. The van der Waals surface area contributed by atoms with E-state index in [0.29, 0.717) is 16.3 Å². The second-order valence-electron chi connectivity index (χ2n) is 5.63. The van der Waals surface area contributed by atoms with Gasteiger partial charge >= 0.3 is 0 Å². The molecule has 0 aromatic heterocycles. The number of carbonyl (C=O) groups is 1. The Balaban J connectivity index is 2.21. The molecule has 0 fully saturated rings. The van der Waals surface area contributed by atoms with E-state index in [9.17, 15) is 17.6 Å². The molecule has 1 amide bonds. The fraction of sp³-hybridized carbons (Fsp3) is 0.235. The van der Waals surface area contributed by atoms with E-state index in [1.165, 1.54) is 29.2 Å². The Morgan fingerprint density at radius 2 is 1.72 bits per heavy atom. The van der Waals surface area contributed by atoms with Gasteiger partial charge in [-0.1, -0.05) is 23.7 Å². The van der Waals surface area contributed by atoms with E-state index in [2.05, 4.69) is 4.72 Å². The minimum Gasteiger partial charge on any atom is -0.315 e. The molecule has 5 nitrogen and oxygen atoms in total. The van der Waals surface area contributed by atoms with Crippen LogP contribution in [0.25, 0.3) is 0 Å². The number of sulfonamides is 1. The van der Waals surface area contributed by atoms with Crippen molar-refractivity contribution in [3.8, 4) is 0 Å². The average Bonchev–Trinajstić information content (AvgIpc) is 2.53. The number of nitrogens with zero attached hydrogens (tertiary/aromatic N) is 1. The molecule has 0 aliphatic heterocycles. The van der Waals surface area contributed by atoms with Crippen molar-refractivity contribution in [3.05, 3.63) is 64.9 Å². The molecule has 0 aliphatic rings. The molecule has 8 heteroatoms. The number of carbonyl (C=O) groups excluding carboxylic acids is 1. The molecule has 134 valence electrons. The van der Waals surface area contributed by atoms with Crippen LogP contribution in [0.4, 0.5) is 10.1 Å². The van der Waals surface area contributed by atoms with Crippen LogP contribution in [0.5, 0.6) is 0 Å². The van der Waals surface area contributed by atoms with E-state index in [1.54, 1.807) is 31.3 Å². The van der Waals surface area contributed by atoms with Crippen LogP contribution in [0.2, 0.25) is 5.02 Å². The number of anilines is 1. The highest BCUT2D eigenvalue weighted by atomic mass is 35.5. The summed E-state index contributed by atoms with van der Waals surface area (Å²) in [6, 6.07) is 11.3. The van der Waals surface area contributed by atoms with Gasteiger partial charge in [-0.25, -0.2) is 17.5 Å². The van der Waals surface area contributed by atoms with Crippen molar-refractivity contribution in [2.45, 2.75) is 12.5 Å². The highest BCUT2D eigenvalue weighted by molar-refractivity contribution is 7.88. The van der Waals surface area contributed by atoms with Gasteiger partial charge in [-0.15, -0.1) is 0 Å². The van der Waals surface area contributed by atoms with E-state index in [4.69, 9.17) is 11.6 Å². The van der Waals surface area contributed by atoms with E-state index in [0.717, 1.165) is 6.26 Å². The van der Waals surface area contributed by atoms with Crippen molar-refractivity contribution >= 4 is 33.2 Å². The summed E-state index contributed by atoms with van der Waals surface area (Å²) in [4.78, 5) is 13.9. The fourth-order valence-electron chi connectivity index (χ4n) is 2.30. The van der Waals surface area contributed by atoms with Gasteiger partial charge in [-0.2, -0.15) is 0 Å². The van der Waals surface area contributed by atoms with E-state index >= 15 is 0 Å². The number of halogens is 2. The first kappa shape index (κ1) is 19.4. The number of benzene rings is 2. The monoisotopic (exact) mass is 384 g/mol. The molecule has 0 saturated carbocycles. The molecule has 0 spiro atoms. The van der Waals surface area contributed by atoms with Crippen LogP contribution in [0.1, 0.15) is 18.0 Å². The van der Waals surface area contributed by atoms with Gasteiger partial charge in [-0.05, 0) is 42.0 Å². The molecular weight excluding hydrogens is 367 g/mol. The number of amides is 1. The van der Waals surface area contributed by atoms with Gasteiger partial charge in [0.1, 0.15) is 5.82 Å². The van der Waals surface area contributed by atoms with Gasteiger partial charge in [0.2, 0.25) is 15.9 Å². The predicted octanol–water partition coefficient (Wildman–Crippen LogP) is 3.12. The molecule has 0 saturated heterocycles. The second-order valence-corrected chi connectivity index (χ2v) is 7.84. The maximum atomic E-state index is 13.0. The van der Waals surface area contributed by atoms with Crippen molar-refractivity contribution < 1.29 is 17.6 Å². The van der Waals surface area contributed by atoms with Crippen LogP contribution in [0, 0.1) is 5.82 Å². The minimum absolute atomic E-state index is 0.0947. The first-order valence-corrected chi connectivity index (χ1v) is 9.67. The maximum Gasteiger partial charge on any atom is 0.228 e. The largest absolute Gasteiger partial charge is 0.315 e. The number of hydrogen-bond acceptors (Lipinski definition) is 3. The Labute approximate surface area is 151 Å². The lowest BCUT2D eigenvalue weighted by Gasteiger charge is -2.22. The average molecular weight is 385 g/mol. The summed E-state index contributed by atoms with van der Waals surface area (Å²) in [7, 11) is -1.98. The van der Waals surface area contributed by atoms with Crippen LogP contribution < -0.4 is 9.62 Å². The molecule has 2 rings (SSSR count). The Bertz CT molecular complexity index is 839. The summed E-state index contributed by atoms with van der Waals surface area (Å²) in [6.07, 6.45) is 0.937. The quantitative estimate of drug-likeness (QED) is 0.832. The fourth-order valence-corrected chi connectivity index (χ4v) is 3.16. The lowest BCUT2D eigenvalue weighted by Crippen LogP contribution is -2.34. The zero-order valence-electron chi connectivity index (χ0n) is 13.7. The Morgan fingerprint density at radius 1 is 1.16 bits per heavy atom. The smallest absolute Gasteiger partial charge is 0.228 e. The van der Waals surface area contributed by atoms with Crippen molar-refractivity contribution in [1.29, 1.82) is 0 Å². The zero-order chi connectivity index (χ0) is 18.6. The Morgan fingerprint density at radius 3 is 2.24 bits per heavy atom. The first-order chi connectivity index (χ1) is 11.7. The maximum absolute atomic E-state index is 13.0. The van der Waals surface area contributed by atoms with E-state index < -0.39 is 21.9 Å². The first-order valence-electron chi connectivity index (χ1n) is 7.40. The third-order valence-corrected chi connectivity index (χ3v) is 4.56. The van der Waals surface area contributed by atoms with E-state index in [-0.39, 0.29) is 12.3 Å². The van der Waals surface area contributed by atoms with Crippen molar-refractivity contribution in [2.24, 2.45) is 0 Å². The van der Waals surface area contributed by atoms with Crippen LogP contribution >= 0.6 is 11.6 Å². The lowest BCUT2D eigenvalue weighted by atomic mass is 10.0. The van der Waals surface area contributed by atoms with Gasteiger partial charge in [-0.3, -0.25) is 4.79 Å². The van der Waals surface area contributed by atoms with Gasteiger partial charge < -0.3 is 4.90 Å². The van der Waals surface area contributed by atoms with Crippen molar-refractivity contribution in [1.82, 2.24) is 4.72 Å². The van der Waals surface area contributed by atoms with Gasteiger partial charge in [0.05, 0.1) is 12.3 Å². The minimum atomic E-state index is -3.53. The third kappa shape index (κ3) is 5.81. The van der Waals surface area contributed by atoms with Gasteiger partial charge in [0, 0.05) is 24.2 Å². The molecule has 0 heterocycles. The van der Waals surface area contributed by atoms with Gasteiger partial charge in [0.15, 0.2) is 0 Å². The number of rotatable bonds is 6. The predicted molar refractivity (Wildman–Crippen MR) is 96.6 cm³/mol. The second kappa shape index (κ2) is 7.95. The van der Waals surface area contributed by atoms with Crippen LogP contribution in [-0.2, 0) is 14.8 Å². The van der Waals surface area contributed by atoms with Crippen molar-refractivity contribution in [2.75, 3.05) is 18.2 Å². The summed E-state index contributed by atoms with van der Waals surface area (Å²) in [5, 5.41) is 0.511. The number of hydrogen-bond donors (Lipinski definition) is 1.